The van der Waals surface area contributed by atoms with Crippen molar-refractivity contribution in [3.63, 3.8) is 0 Å². The third kappa shape index (κ3) is 5.55. The SMILES string of the molecule is COc1ccc(CN(C)C(=O)[C@H](C)N(c2ccc(OC)c(Cl)c2)S(C)(=O)=O)cc1. The van der Waals surface area contributed by atoms with Crippen LogP contribution in [0.25, 0.3) is 0 Å². The summed E-state index contributed by atoms with van der Waals surface area (Å²) in [5, 5.41) is 0.255. The van der Waals surface area contributed by atoms with Crippen molar-refractivity contribution in [1.82, 2.24) is 4.90 Å². The second-order valence-electron chi connectivity index (χ2n) is 6.60. The number of benzene rings is 2. The average Bonchev–Trinajstić information content (AvgIpc) is 2.67. The van der Waals surface area contributed by atoms with E-state index in [2.05, 4.69) is 0 Å². The highest BCUT2D eigenvalue weighted by Gasteiger charge is 2.31. The first-order valence-electron chi connectivity index (χ1n) is 8.79. The Kier molecular flexibility index (Phi) is 7.37. The molecular formula is C20H25ClN2O5S. The van der Waals surface area contributed by atoms with E-state index in [1.165, 1.54) is 18.1 Å². The number of halogens is 1. The molecule has 7 nitrogen and oxygen atoms in total. The van der Waals surface area contributed by atoms with Crippen molar-refractivity contribution in [2.45, 2.75) is 19.5 Å². The van der Waals surface area contributed by atoms with E-state index in [1.807, 2.05) is 12.1 Å². The fourth-order valence-corrected chi connectivity index (χ4v) is 4.41. The summed E-state index contributed by atoms with van der Waals surface area (Å²) in [5.41, 5.74) is 1.18. The molecule has 0 aliphatic heterocycles. The predicted molar refractivity (Wildman–Crippen MR) is 114 cm³/mol. The largest absolute Gasteiger partial charge is 0.497 e. The first-order chi connectivity index (χ1) is 13.6. The monoisotopic (exact) mass is 440 g/mol. The zero-order valence-corrected chi connectivity index (χ0v) is 18.6. The van der Waals surface area contributed by atoms with E-state index in [1.54, 1.807) is 45.3 Å². The van der Waals surface area contributed by atoms with E-state index in [0.717, 1.165) is 21.9 Å². The number of carbonyl (C=O) groups is 1. The highest BCUT2D eigenvalue weighted by Crippen LogP contribution is 2.31. The van der Waals surface area contributed by atoms with Gasteiger partial charge >= 0.3 is 0 Å². The zero-order chi connectivity index (χ0) is 21.8. The number of methoxy groups -OCH3 is 2. The van der Waals surface area contributed by atoms with Crippen molar-refractivity contribution >= 4 is 33.2 Å². The third-order valence-electron chi connectivity index (χ3n) is 4.41. The van der Waals surface area contributed by atoms with Crippen LogP contribution in [0.2, 0.25) is 5.02 Å². The van der Waals surface area contributed by atoms with Crippen molar-refractivity contribution in [3.05, 3.63) is 53.1 Å². The van der Waals surface area contributed by atoms with Crippen LogP contribution in [0.3, 0.4) is 0 Å². The van der Waals surface area contributed by atoms with Gasteiger partial charge < -0.3 is 14.4 Å². The first-order valence-corrected chi connectivity index (χ1v) is 11.0. The molecule has 29 heavy (non-hydrogen) atoms. The Morgan fingerprint density at radius 3 is 2.21 bits per heavy atom. The van der Waals surface area contributed by atoms with Crippen LogP contribution in [0.1, 0.15) is 12.5 Å². The van der Waals surface area contributed by atoms with Crippen LogP contribution in [-0.2, 0) is 21.4 Å². The minimum atomic E-state index is -3.74. The lowest BCUT2D eigenvalue weighted by Gasteiger charge is -2.31. The minimum Gasteiger partial charge on any atom is -0.497 e. The third-order valence-corrected chi connectivity index (χ3v) is 5.95. The van der Waals surface area contributed by atoms with Gasteiger partial charge in [0, 0.05) is 13.6 Å². The maximum atomic E-state index is 13.0. The molecular weight excluding hydrogens is 416 g/mol. The Morgan fingerprint density at radius 1 is 1.10 bits per heavy atom. The van der Waals surface area contributed by atoms with Gasteiger partial charge in [-0.25, -0.2) is 8.42 Å². The molecule has 9 heteroatoms. The molecule has 0 aliphatic rings. The fourth-order valence-electron chi connectivity index (χ4n) is 3.00. The van der Waals surface area contributed by atoms with Crippen LogP contribution in [0.4, 0.5) is 5.69 Å². The molecule has 0 aromatic heterocycles. The van der Waals surface area contributed by atoms with Crippen molar-refractivity contribution < 1.29 is 22.7 Å². The molecule has 2 aromatic rings. The van der Waals surface area contributed by atoms with E-state index in [-0.39, 0.29) is 16.6 Å². The Balaban J connectivity index is 2.26. The molecule has 2 rings (SSSR count). The summed E-state index contributed by atoms with van der Waals surface area (Å²) in [6, 6.07) is 10.9. The van der Waals surface area contributed by atoms with E-state index in [4.69, 9.17) is 21.1 Å². The number of anilines is 1. The first kappa shape index (κ1) is 22.8. The smallest absolute Gasteiger partial charge is 0.246 e. The zero-order valence-electron chi connectivity index (χ0n) is 17.0. The summed E-state index contributed by atoms with van der Waals surface area (Å²) in [7, 11) is 0.934. The number of rotatable bonds is 8. The molecule has 0 fully saturated rings. The Labute approximate surface area is 176 Å². The Hall–Kier alpha value is -2.45. The fraction of sp³-hybridized carbons (Fsp3) is 0.350. The topological polar surface area (TPSA) is 76.2 Å². The van der Waals surface area contributed by atoms with Crippen molar-refractivity contribution in [1.29, 1.82) is 0 Å². The van der Waals surface area contributed by atoms with Gasteiger partial charge in [0.05, 0.1) is 31.2 Å². The molecule has 0 aliphatic carbocycles. The van der Waals surface area contributed by atoms with Gasteiger partial charge in [-0.05, 0) is 42.8 Å². The quantitative estimate of drug-likeness (QED) is 0.630. The summed E-state index contributed by atoms with van der Waals surface area (Å²) in [4.78, 5) is 14.5. The van der Waals surface area contributed by atoms with Gasteiger partial charge in [-0.2, -0.15) is 0 Å². The lowest BCUT2D eigenvalue weighted by Crippen LogP contribution is -2.48. The van der Waals surface area contributed by atoms with Gasteiger partial charge in [0.15, 0.2) is 0 Å². The van der Waals surface area contributed by atoms with E-state index in [0.29, 0.717) is 12.3 Å². The van der Waals surface area contributed by atoms with E-state index >= 15 is 0 Å². The molecule has 0 bridgehead atoms. The summed E-state index contributed by atoms with van der Waals surface area (Å²) in [6.07, 6.45) is 1.05. The summed E-state index contributed by atoms with van der Waals surface area (Å²) in [6.45, 7) is 1.88. The standard InChI is InChI=1S/C20H25ClN2O5S/c1-14(20(24)22(2)13-15-6-9-17(27-3)10-7-15)23(29(5,25)26)16-8-11-19(28-4)18(21)12-16/h6-12,14H,13H2,1-5H3/t14-/m0/s1. The van der Waals surface area contributed by atoms with E-state index < -0.39 is 16.1 Å². The molecule has 1 amide bonds. The number of sulfonamides is 1. The number of hydrogen-bond donors (Lipinski definition) is 0. The van der Waals surface area contributed by atoms with Gasteiger partial charge in [0.1, 0.15) is 17.5 Å². The minimum absolute atomic E-state index is 0.255. The average molecular weight is 441 g/mol. The van der Waals surface area contributed by atoms with Crippen LogP contribution in [0.15, 0.2) is 42.5 Å². The predicted octanol–water partition coefficient (Wildman–Crippen LogP) is 3.17. The van der Waals surface area contributed by atoms with Crippen LogP contribution >= 0.6 is 11.6 Å². The normalized spacial score (nSPS) is 12.2. The molecule has 2 aromatic carbocycles. The van der Waals surface area contributed by atoms with Crippen molar-refractivity contribution in [2.75, 3.05) is 31.8 Å². The highest BCUT2D eigenvalue weighted by molar-refractivity contribution is 7.92. The molecule has 0 saturated heterocycles. The Bertz CT molecular complexity index is 963. The van der Waals surface area contributed by atoms with Gasteiger partial charge in [-0.1, -0.05) is 23.7 Å². The molecule has 1 atom stereocenters. The number of likely N-dealkylation sites (N-methyl/N-ethyl adjacent to an activating group) is 1. The number of carbonyl (C=O) groups excluding carboxylic acids is 1. The van der Waals surface area contributed by atoms with Gasteiger partial charge in [-0.3, -0.25) is 9.10 Å². The van der Waals surface area contributed by atoms with Gasteiger partial charge in [0.25, 0.3) is 0 Å². The molecule has 0 spiro atoms. The number of nitrogens with zero attached hydrogens (tertiary/aromatic N) is 2. The maximum absolute atomic E-state index is 13.0. The molecule has 0 radical (unpaired) electrons. The molecule has 0 saturated carbocycles. The van der Waals surface area contributed by atoms with Crippen molar-refractivity contribution in [3.8, 4) is 11.5 Å². The van der Waals surface area contributed by atoms with Crippen LogP contribution in [0.5, 0.6) is 11.5 Å². The molecule has 0 heterocycles. The second-order valence-corrected chi connectivity index (χ2v) is 8.86. The van der Waals surface area contributed by atoms with Crippen molar-refractivity contribution in [2.24, 2.45) is 0 Å². The lowest BCUT2D eigenvalue weighted by molar-refractivity contribution is -0.131. The summed E-state index contributed by atoms with van der Waals surface area (Å²) >= 11 is 6.15. The number of ether oxygens (including phenoxy) is 2. The van der Waals surface area contributed by atoms with Crippen LogP contribution in [-0.4, -0.2) is 52.8 Å². The number of amides is 1. The molecule has 0 unspecified atom stereocenters. The molecule has 158 valence electrons. The summed E-state index contributed by atoms with van der Waals surface area (Å²) in [5.74, 6) is 0.786. The Morgan fingerprint density at radius 2 is 1.72 bits per heavy atom. The lowest BCUT2D eigenvalue weighted by atomic mass is 10.2. The van der Waals surface area contributed by atoms with E-state index in [9.17, 15) is 13.2 Å². The second kappa shape index (κ2) is 9.37. The highest BCUT2D eigenvalue weighted by atomic mass is 35.5. The van der Waals surface area contributed by atoms with Gasteiger partial charge in [-0.15, -0.1) is 0 Å². The molecule has 0 N–H and O–H groups in total. The van der Waals surface area contributed by atoms with Crippen LogP contribution < -0.4 is 13.8 Å². The number of hydrogen-bond acceptors (Lipinski definition) is 5. The maximum Gasteiger partial charge on any atom is 0.246 e. The van der Waals surface area contributed by atoms with Gasteiger partial charge in [0.2, 0.25) is 15.9 Å². The summed E-state index contributed by atoms with van der Waals surface area (Å²) < 4.78 is 36.2. The van der Waals surface area contributed by atoms with Crippen LogP contribution in [0, 0.1) is 0 Å².